The number of nitrogens with zero attached hydrogens (tertiary/aromatic N) is 2. The number of carboxylic acids is 1. The van der Waals surface area contributed by atoms with Gasteiger partial charge in [-0.25, -0.2) is 14.6 Å². The predicted molar refractivity (Wildman–Crippen MR) is 91.2 cm³/mol. The molecule has 1 fully saturated rings. The molecule has 9 heteroatoms. The van der Waals surface area contributed by atoms with Crippen LogP contribution < -0.4 is 5.32 Å². The summed E-state index contributed by atoms with van der Waals surface area (Å²) in [6.45, 7) is 7.04. The molecule has 2 amide bonds. The lowest BCUT2D eigenvalue weighted by atomic mass is 9.85. The van der Waals surface area contributed by atoms with Crippen molar-refractivity contribution in [1.82, 2.24) is 9.55 Å². The molecule has 2 atom stereocenters. The van der Waals surface area contributed by atoms with Gasteiger partial charge in [-0.3, -0.25) is 10.1 Å². The average molecular weight is 363 g/mol. The Balaban J connectivity index is 2.05. The number of amides is 2. The Morgan fingerprint density at radius 1 is 1.44 bits per heavy atom. The minimum atomic E-state index is -1.000. The lowest BCUT2D eigenvalue weighted by Gasteiger charge is -2.44. The molecule has 0 saturated carbocycles. The van der Waals surface area contributed by atoms with Gasteiger partial charge in [0.1, 0.15) is 17.5 Å². The molecule has 1 aliphatic heterocycles. The van der Waals surface area contributed by atoms with Crippen LogP contribution in [0.4, 0.5) is 10.6 Å². The highest BCUT2D eigenvalue weighted by atomic mass is 28.2. The second-order valence-corrected chi connectivity index (χ2v) is 7.63. The van der Waals surface area contributed by atoms with Crippen LogP contribution in [0, 0.1) is 5.92 Å². The lowest BCUT2D eigenvalue weighted by Crippen LogP contribution is -2.65. The van der Waals surface area contributed by atoms with Gasteiger partial charge in [0, 0.05) is 6.20 Å². The van der Waals surface area contributed by atoms with Gasteiger partial charge >= 0.3 is 12.1 Å². The number of hydrogen-bond acceptors (Lipinski definition) is 5. The number of hydrogen-bond donors (Lipinski definition) is 2. The van der Waals surface area contributed by atoms with E-state index >= 15 is 0 Å². The monoisotopic (exact) mass is 363 g/mol. The Morgan fingerprint density at radius 3 is 2.68 bits per heavy atom. The van der Waals surface area contributed by atoms with Gasteiger partial charge in [-0.1, -0.05) is 6.55 Å². The molecule has 2 heterocycles. The van der Waals surface area contributed by atoms with Crippen LogP contribution in [0.5, 0.6) is 0 Å². The van der Waals surface area contributed by atoms with Crippen molar-refractivity contribution in [2.24, 2.45) is 5.92 Å². The number of rotatable bonds is 5. The van der Waals surface area contributed by atoms with Crippen LogP contribution in [0.15, 0.2) is 18.3 Å². The van der Waals surface area contributed by atoms with Gasteiger partial charge in [-0.05, 0) is 44.9 Å². The molecular formula is C16H21N3O5Si. The van der Waals surface area contributed by atoms with Crippen molar-refractivity contribution < 1.29 is 24.2 Å². The van der Waals surface area contributed by atoms with Gasteiger partial charge < -0.3 is 14.4 Å². The van der Waals surface area contributed by atoms with E-state index in [4.69, 9.17) is 4.74 Å². The van der Waals surface area contributed by atoms with E-state index in [1.165, 1.54) is 10.8 Å². The topological polar surface area (TPSA) is 109 Å². The zero-order chi connectivity index (χ0) is 18.8. The molecular weight excluding hydrogens is 342 g/mol. The zero-order valence-corrected chi connectivity index (χ0v) is 15.6. The van der Waals surface area contributed by atoms with Gasteiger partial charge in [-0.2, -0.15) is 0 Å². The van der Waals surface area contributed by atoms with Crippen molar-refractivity contribution in [1.29, 1.82) is 0 Å². The largest absolute Gasteiger partial charge is 0.480 e. The number of carboxylic acid groups (broad SMARTS) is 1. The van der Waals surface area contributed by atoms with Crippen molar-refractivity contribution in [3.8, 4) is 0 Å². The maximum Gasteiger partial charge on any atom is 0.413 e. The molecule has 0 bridgehead atoms. The highest BCUT2D eigenvalue weighted by Gasteiger charge is 2.50. The summed E-state index contributed by atoms with van der Waals surface area (Å²) >= 11 is 0. The molecule has 2 radical (unpaired) electrons. The number of pyridine rings is 1. The number of β-lactam (4-membered cyclic amide) rings is 1. The van der Waals surface area contributed by atoms with E-state index in [1.807, 2.05) is 0 Å². The maximum absolute atomic E-state index is 12.1. The molecule has 1 saturated heterocycles. The standard InChI is InChI=1S/C16H21N3O5Si/c1-16(2,3)24-15(23)18-11-8-9(5-6-17-11)7-10-12(14(21)22)19(25-4)13(10)20/h5-6,8,10,12H,7H2,1-4H3,(H,21,22)(H,17,18,23)/t10-,12+/m1/s1. The zero-order valence-electron chi connectivity index (χ0n) is 14.6. The van der Waals surface area contributed by atoms with Crippen molar-refractivity contribution in [3.63, 3.8) is 0 Å². The van der Waals surface area contributed by atoms with E-state index in [2.05, 4.69) is 10.3 Å². The molecule has 0 aliphatic carbocycles. The fourth-order valence-electron chi connectivity index (χ4n) is 2.61. The summed E-state index contributed by atoms with van der Waals surface area (Å²) in [7, 11) is 0.124. The van der Waals surface area contributed by atoms with Crippen LogP contribution in [0.25, 0.3) is 0 Å². The number of ether oxygens (including phenoxy) is 1. The maximum atomic E-state index is 12.1. The summed E-state index contributed by atoms with van der Waals surface area (Å²) in [5, 5.41) is 11.8. The molecule has 134 valence electrons. The summed E-state index contributed by atoms with van der Waals surface area (Å²) in [6.07, 6.45) is 1.15. The molecule has 1 aliphatic rings. The van der Waals surface area contributed by atoms with Gasteiger partial charge in [0.15, 0.2) is 9.68 Å². The van der Waals surface area contributed by atoms with Crippen LogP contribution >= 0.6 is 0 Å². The molecule has 8 nitrogen and oxygen atoms in total. The minimum Gasteiger partial charge on any atom is -0.480 e. The minimum absolute atomic E-state index is 0.124. The van der Waals surface area contributed by atoms with Crippen LogP contribution in [-0.2, 0) is 20.7 Å². The quantitative estimate of drug-likeness (QED) is 0.607. The van der Waals surface area contributed by atoms with Crippen molar-refractivity contribution in [2.75, 3.05) is 5.32 Å². The highest BCUT2D eigenvalue weighted by molar-refractivity contribution is 6.38. The first-order valence-corrected chi connectivity index (χ1v) is 9.25. The van der Waals surface area contributed by atoms with Gasteiger partial charge in [-0.15, -0.1) is 0 Å². The SMILES string of the molecule is C[Si]N1C(=O)[C@H](Cc2ccnc(NC(=O)OC(C)(C)C)c2)[C@H]1C(=O)O. The Labute approximate surface area is 148 Å². The predicted octanol–water partition coefficient (Wildman–Crippen LogP) is 1.55. The van der Waals surface area contributed by atoms with Gasteiger partial charge in [0.25, 0.3) is 0 Å². The van der Waals surface area contributed by atoms with E-state index in [0.717, 1.165) is 5.56 Å². The summed E-state index contributed by atoms with van der Waals surface area (Å²) in [4.78, 5) is 39.3. The van der Waals surface area contributed by atoms with Crippen LogP contribution in [0.1, 0.15) is 26.3 Å². The Morgan fingerprint density at radius 2 is 2.12 bits per heavy atom. The van der Waals surface area contributed by atoms with E-state index < -0.39 is 29.6 Å². The number of aromatic nitrogens is 1. The third-order valence-electron chi connectivity index (χ3n) is 3.62. The summed E-state index contributed by atoms with van der Waals surface area (Å²) in [5.74, 6) is -1.46. The van der Waals surface area contributed by atoms with Crippen LogP contribution in [-0.4, -0.2) is 53.9 Å². The molecule has 2 N–H and O–H groups in total. The third-order valence-corrected chi connectivity index (χ3v) is 4.60. The smallest absolute Gasteiger partial charge is 0.413 e. The molecule has 0 spiro atoms. The number of nitrogens with one attached hydrogen (secondary N) is 1. The molecule has 25 heavy (non-hydrogen) atoms. The Kier molecular flexibility index (Phi) is 5.46. The first-order chi connectivity index (χ1) is 11.6. The second kappa shape index (κ2) is 7.22. The number of carbonyl (C=O) groups is 3. The lowest BCUT2D eigenvalue weighted by molar-refractivity contribution is -0.162. The molecule has 1 aromatic heterocycles. The molecule has 0 aromatic carbocycles. The fourth-order valence-corrected chi connectivity index (χ4v) is 3.57. The number of carbonyl (C=O) groups excluding carboxylic acids is 2. The van der Waals surface area contributed by atoms with E-state index in [0.29, 0.717) is 5.82 Å². The summed E-state index contributed by atoms with van der Waals surface area (Å²) < 4.78 is 6.53. The average Bonchev–Trinajstić information content (AvgIpc) is 2.47. The fraction of sp³-hybridized carbons (Fsp3) is 0.500. The van der Waals surface area contributed by atoms with Crippen LogP contribution in [0.2, 0.25) is 6.55 Å². The van der Waals surface area contributed by atoms with E-state index in [-0.39, 0.29) is 22.0 Å². The third kappa shape index (κ3) is 4.56. The van der Waals surface area contributed by atoms with Crippen molar-refractivity contribution in [3.05, 3.63) is 23.9 Å². The van der Waals surface area contributed by atoms with Gasteiger partial charge in [0.05, 0.1) is 5.92 Å². The number of anilines is 1. The van der Waals surface area contributed by atoms with E-state index in [1.54, 1.807) is 39.5 Å². The number of aliphatic carboxylic acids is 1. The highest BCUT2D eigenvalue weighted by Crippen LogP contribution is 2.29. The first-order valence-electron chi connectivity index (χ1n) is 7.80. The van der Waals surface area contributed by atoms with Crippen molar-refractivity contribution in [2.45, 2.75) is 45.4 Å². The normalized spacial score (nSPS) is 20.0. The van der Waals surface area contributed by atoms with Crippen molar-refractivity contribution >= 4 is 33.5 Å². The summed E-state index contributed by atoms with van der Waals surface area (Å²) in [5.41, 5.74) is 0.101. The molecule has 1 aromatic rings. The van der Waals surface area contributed by atoms with Gasteiger partial charge in [0.2, 0.25) is 5.91 Å². The Hall–Kier alpha value is -2.42. The molecule has 0 unspecified atom stereocenters. The van der Waals surface area contributed by atoms with Crippen LogP contribution in [0.3, 0.4) is 0 Å². The first kappa shape index (κ1) is 18.9. The second-order valence-electron chi connectivity index (χ2n) is 6.70. The molecule has 2 rings (SSSR count). The summed E-state index contributed by atoms with van der Waals surface area (Å²) in [6, 6.07) is 2.52. The van der Waals surface area contributed by atoms with E-state index in [9.17, 15) is 19.5 Å². The Bertz CT molecular complexity index is 689.